The Kier molecular flexibility index (Phi) is 6.99. The molecular weight excluding hydrogens is 220 g/mol. The third kappa shape index (κ3) is 5.19. The molecule has 0 aromatic heterocycles. The van der Waals surface area contributed by atoms with Crippen molar-refractivity contribution in [3.05, 3.63) is 35.9 Å². The van der Waals surface area contributed by atoms with Gasteiger partial charge in [0.1, 0.15) is 0 Å². The molecule has 1 rings (SSSR count). The van der Waals surface area contributed by atoms with Gasteiger partial charge in [-0.3, -0.25) is 0 Å². The molecule has 0 unspecified atom stereocenters. The predicted octanol–water partition coefficient (Wildman–Crippen LogP) is 3.06. The van der Waals surface area contributed by atoms with Crippen LogP contribution in [0.4, 0.5) is 0 Å². The van der Waals surface area contributed by atoms with E-state index in [0.717, 1.165) is 26.2 Å². The van der Waals surface area contributed by atoms with Gasteiger partial charge in [0.15, 0.2) is 0 Å². The minimum Gasteiger partial charge on any atom is -0.305 e. The molecule has 1 atom stereocenters. The van der Waals surface area contributed by atoms with E-state index in [1.807, 2.05) is 0 Å². The molecule has 2 heteroatoms. The summed E-state index contributed by atoms with van der Waals surface area (Å²) in [7, 11) is 2.23. The average molecular weight is 248 g/mol. The largest absolute Gasteiger partial charge is 0.305 e. The molecule has 1 aromatic rings. The summed E-state index contributed by atoms with van der Waals surface area (Å²) in [4.78, 5) is 4.92. The van der Waals surface area contributed by atoms with Crippen LogP contribution in [0.2, 0.25) is 0 Å². The van der Waals surface area contributed by atoms with Crippen molar-refractivity contribution in [1.29, 1.82) is 0 Å². The molecule has 0 N–H and O–H groups in total. The standard InChI is InChI=1S/C16H28N2/c1-5-18(6-2)13-12-17(4)14-15(3)16-10-8-7-9-11-16/h7-11,15H,5-6,12-14H2,1-4H3/t15-/m0/s1. The van der Waals surface area contributed by atoms with Gasteiger partial charge in [-0.1, -0.05) is 51.1 Å². The van der Waals surface area contributed by atoms with Gasteiger partial charge < -0.3 is 9.80 Å². The van der Waals surface area contributed by atoms with Gasteiger partial charge in [0.05, 0.1) is 0 Å². The van der Waals surface area contributed by atoms with E-state index in [1.54, 1.807) is 0 Å². The number of benzene rings is 1. The van der Waals surface area contributed by atoms with Gasteiger partial charge in [-0.05, 0) is 31.6 Å². The SMILES string of the molecule is CCN(CC)CCN(C)C[C@H](C)c1ccccc1. The topological polar surface area (TPSA) is 6.48 Å². The van der Waals surface area contributed by atoms with E-state index >= 15 is 0 Å². The molecule has 0 saturated carbocycles. The summed E-state index contributed by atoms with van der Waals surface area (Å²) in [6, 6.07) is 10.8. The van der Waals surface area contributed by atoms with Crippen molar-refractivity contribution in [1.82, 2.24) is 9.80 Å². The number of hydrogen-bond donors (Lipinski definition) is 0. The Bertz CT molecular complexity index is 306. The lowest BCUT2D eigenvalue weighted by molar-refractivity contribution is 0.235. The lowest BCUT2D eigenvalue weighted by atomic mass is 10.0. The Balaban J connectivity index is 2.33. The predicted molar refractivity (Wildman–Crippen MR) is 80.1 cm³/mol. The second-order valence-electron chi connectivity index (χ2n) is 5.10. The quantitative estimate of drug-likeness (QED) is 0.697. The highest BCUT2D eigenvalue weighted by Crippen LogP contribution is 2.15. The number of likely N-dealkylation sites (N-methyl/N-ethyl adjacent to an activating group) is 2. The van der Waals surface area contributed by atoms with Gasteiger partial charge in [0.2, 0.25) is 0 Å². The highest BCUT2D eigenvalue weighted by molar-refractivity contribution is 5.18. The van der Waals surface area contributed by atoms with Crippen molar-refractivity contribution < 1.29 is 0 Å². The van der Waals surface area contributed by atoms with Crippen LogP contribution in [0.25, 0.3) is 0 Å². The molecule has 0 radical (unpaired) electrons. The summed E-state index contributed by atoms with van der Waals surface area (Å²) in [6.07, 6.45) is 0. The van der Waals surface area contributed by atoms with Crippen LogP contribution in [0.5, 0.6) is 0 Å². The summed E-state index contributed by atoms with van der Waals surface area (Å²) >= 11 is 0. The second-order valence-corrected chi connectivity index (χ2v) is 5.10. The van der Waals surface area contributed by atoms with Crippen molar-refractivity contribution in [2.75, 3.05) is 39.8 Å². The Morgan fingerprint density at radius 2 is 1.61 bits per heavy atom. The van der Waals surface area contributed by atoms with Gasteiger partial charge in [-0.25, -0.2) is 0 Å². The first-order valence-electron chi connectivity index (χ1n) is 7.13. The number of rotatable bonds is 8. The van der Waals surface area contributed by atoms with E-state index in [4.69, 9.17) is 0 Å². The molecular formula is C16H28N2. The molecule has 0 aliphatic heterocycles. The first kappa shape index (κ1) is 15.2. The highest BCUT2D eigenvalue weighted by Gasteiger charge is 2.09. The van der Waals surface area contributed by atoms with Crippen LogP contribution in [-0.4, -0.2) is 49.6 Å². The molecule has 0 aliphatic carbocycles. The average Bonchev–Trinajstić information content (AvgIpc) is 2.41. The lowest BCUT2D eigenvalue weighted by Crippen LogP contribution is -2.34. The Hall–Kier alpha value is -0.860. The van der Waals surface area contributed by atoms with E-state index in [9.17, 15) is 0 Å². The normalized spacial score (nSPS) is 13.2. The van der Waals surface area contributed by atoms with Crippen LogP contribution in [0, 0.1) is 0 Å². The molecule has 0 fully saturated rings. The Morgan fingerprint density at radius 1 is 1.00 bits per heavy atom. The van der Waals surface area contributed by atoms with Crippen LogP contribution in [-0.2, 0) is 0 Å². The van der Waals surface area contributed by atoms with Gasteiger partial charge in [-0.15, -0.1) is 0 Å². The van der Waals surface area contributed by atoms with E-state index in [0.29, 0.717) is 5.92 Å². The monoisotopic (exact) mass is 248 g/mol. The van der Waals surface area contributed by atoms with E-state index in [2.05, 4.69) is 68.0 Å². The van der Waals surface area contributed by atoms with Crippen LogP contribution in [0.15, 0.2) is 30.3 Å². The summed E-state index contributed by atoms with van der Waals surface area (Å²) in [5.74, 6) is 0.605. The molecule has 0 saturated heterocycles. The number of hydrogen-bond acceptors (Lipinski definition) is 2. The van der Waals surface area contributed by atoms with E-state index in [1.165, 1.54) is 12.1 Å². The first-order chi connectivity index (χ1) is 8.67. The van der Waals surface area contributed by atoms with Crippen molar-refractivity contribution in [2.45, 2.75) is 26.7 Å². The third-order valence-electron chi connectivity index (χ3n) is 3.65. The molecule has 2 nitrogen and oxygen atoms in total. The van der Waals surface area contributed by atoms with Gasteiger partial charge in [-0.2, -0.15) is 0 Å². The zero-order valence-corrected chi connectivity index (χ0v) is 12.4. The van der Waals surface area contributed by atoms with E-state index in [-0.39, 0.29) is 0 Å². The molecule has 18 heavy (non-hydrogen) atoms. The highest BCUT2D eigenvalue weighted by atomic mass is 15.2. The van der Waals surface area contributed by atoms with Gasteiger partial charge in [0, 0.05) is 19.6 Å². The summed E-state index contributed by atoms with van der Waals surface area (Å²) in [6.45, 7) is 12.5. The molecule has 0 heterocycles. The summed E-state index contributed by atoms with van der Waals surface area (Å²) in [5, 5.41) is 0. The van der Waals surface area contributed by atoms with Crippen LogP contribution in [0.3, 0.4) is 0 Å². The maximum Gasteiger partial charge on any atom is 0.0109 e. The minimum atomic E-state index is 0.605. The van der Waals surface area contributed by atoms with Crippen LogP contribution >= 0.6 is 0 Å². The zero-order chi connectivity index (χ0) is 13.4. The van der Waals surface area contributed by atoms with Gasteiger partial charge in [0.25, 0.3) is 0 Å². The molecule has 1 aromatic carbocycles. The fourth-order valence-corrected chi connectivity index (χ4v) is 2.30. The van der Waals surface area contributed by atoms with Crippen LogP contribution < -0.4 is 0 Å². The third-order valence-corrected chi connectivity index (χ3v) is 3.65. The summed E-state index contributed by atoms with van der Waals surface area (Å²) < 4.78 is 0. The molecule has 0 aliphatic rings. The maximum atomic E-state index is 2.48. The molecule has 0 spiro atoms. The minimum absolute atomic E-state index is 0.605. The van der Waals surface area contributed by atoms with Crippen LogP contribution in [0.1, 0.15) is 32.3 Å². The second kappa shape index (κ2) is 8.28. The van der Waals surface area contributed by atoms with Crippen molar-refractivity contribution >= 4 is 0 Å². The fourth-order valence-electron chi connectivity index (χ4n) is 2.30. The van der Waals surface area contributed by atoms with Crippen molar-refractivity contribution in [3.8, 4) is 0 Å². The smallest absolute Gasteiger partial charge is 0.0109 e. The number of nitrogens with zero attached hydrogens (tertiary/aromatic N) is 2. The lowest BCUT2D eigenvalue weighted by Gasteiger charge is -2.25. The zero-order valence-electron chi connectivity index (χ0n) is 12.4. The Morgan fingerprint density at radius 3 is 2.17 bits per heavy atom. The maximum absolute atomic E-state index is 2.48. The molecule has 0 amide bonds. The van der Waals surface area contributed by atoms with Crippen molar-refractivity contribution in [2.24, 2.45) is 0 Å². The fraction of sp³-hybridized carbons (Fsp3) is 0.625. The van der Waals surface area contributed by atoms with Crippen molar-refractivity contribution in [3.63, 3.8) is 0 Å². The summed E-state index contributed by atoms with van der Waals surface area (Å²) in [5.41, 5.74) is 1.44. The van der Waals surface area contributed by atoms with E-state index < -0.39 is 0 Å². The Labute approximate surface area is 113 Å². The van der Waals surface area contributed by atoms with Gasteiger partial charge >= 0.3 is 0 Å². The first-order valence-corrected chi connectivity index (χ1v) is 7.13. The molecule has 0 bridgehead atoms. The molecule has 102 valence electrons.